The van der Waals surface area contributed by atoms with E-state index in [0.717, 1.165) is 0 Å². The van der Waals surface area contributed by atoms with E-state index < -0.39 is 6.61 Å². The number of carbonyl (C=O) groups excluding carboxylic acids is 1. The van der Waals surface area contributed by atoms with E-state index in [1.807, 2.05) is 0 Å². The van der Waals surface area contributed by atoms with Crippen molar-refractivity contribution in [3.63, 3.8) is 0 Å². The Kier molecular flexibility index (Phi) is 4.44. The summed E-state index contributed by atoms with van der Waals surface area (Å²) in [5.74, 6) is -0.274. The largest absolute Gasteiger partial charge is 0.434 e. The molecule has 0 atom stereocenters. The van der Waals surface area contributed by atoms with Crippen molar-refractivity contribution in [2.75, 3.05) is 7.05 Å². The summed E-state index contributed by atoms with van der Waals surface area (Å²) in [6, 6.07) is 6.24. The molecule has 0 saturated carbocycles. The summed E-state index contributed by atoms with van der Waals surface area (Å²) in [7, 11) is 1.48. The molecule has 1 N–H and O–H groups in total. The van der Waals surface area contributed by atoms with Crippen LogP contribution in [0.25, 0.3) is 6.08 Å². The highest BCUT2D eigenvalue weighted by atomic mass is 19.3. The monoisotopic (exact) mass is 227 g/mol. The van der Waals surface area contributed by atoms with Crippen LogP contribution in [0.5, 0.6) is 5.75 Å². The molecule has 0 spiro atoms. The van der Waals surface area contributed by atoms with E-state index in [0.29, 0.717) is 5.56 Å². The third-order valence-corrected chi connectivity index (χ3v) is 1.80. The Morgan fingerprint density at radius 1 is 1.44 bits per heavy atom. The van der Waals surface area contributed by atoms with Crippen molar-refractivity contribution in [3.05, 3.63) is 35.9 Å². The number of hydrogen-bond donors (Lipinski definition) is 1. The molecule has 0 bridgehead atoms. The number of likely N-dealkylation sites (N-methyl/N-ethyl adjacent to an activating group) is 1. The van der Waals surface area contributed by atoms with Gasteiger partial charge in [0.25, 0.3) is 0 Å². The minimum Gasteiger partial charge on any atom is -0.434 e. The van der Waals surface area contributed by atoms with Gasteiger partial charge in [-0.2, -0.15) is 8.78 Å². The van der Waals surface area contributed by atoms with E-state index in [2.05, 4.69) is 10.1 Å². The Labute approximate surface area is 91.7 Å². The van der Waals surface area contributed by atoms with Gasteiger partial charge in [0.05, 0.1) is 0 Å². The minimum atomic E-state index is -2.88. The fraction of sp³-hybridized carbons (Fsp3) is 0.182. The summed E-state index contributed by atoms with van der Waals surface area (Å²) >= 11 is 0. The van der Waals surface area contributed by atoms with Crippen LogP contribution in [0.3, 0.4) is 0 Å². The maximum atomic E-state index is 12.0. The van der Waals surface area contributed by atoms with E-state index in [4.69, 9.17) is 0 Å². The number of carbonyl (C=O) groups is 1. The van der Waals surface area contributed by atoms with E-state index in [-0.39, 0.29) is 11.7 Å². The number of hydrogen-bond acceptors (Lipinski definition) is 2. The zero-order valence-electron chi connectivity index (χ0n) is 8.61. The number of rotatable bonds is 4. The molecule has 1 amide bonds. The van der Waals surface area contributed by atoms with Gasteiger partial charge in [-0.15, -0.1) is 0 Å². The average Bonchev–Trinajstić information content (AvgIpc) is 2.26. The number of ether oxygens (including phenoxy) is 1. The maximum Gasteiger partial charge on any atom is 0.387 e. The summed E-state index contributed by atoms with van der Waals surface area (Å²) < 4.78 is 28.4. The van der Waals surface area contributed by atoms with Crippen molar-refractivity contribution in [2.45, 2.75) is 6.61 Å². The molecule has 0 fully saturated rings. The number of para-hydroxylation sites is 1. The second kappa shape index (κ2) is 5.85. The molecule has 1 aromatic rings. The smallest absolute Gasteiger partial charge is 0.387 e. The van der Waals surface area contributed by atoms with Crippen LogP contribution in [0.2, 0.25) is 0 Å². The van der Waals surface area contributed by atoms with Crippen LogP contribution in [0.4, 0.5) is 8.78 Å². The van der Waals surface area contributed by atoms with Crippen LogP contribution in [0.15, 0.2) is 30.3 Å². The number of benzene rings is 1. The third-order valence-electron chi connectivity index (χ3n) is 1.80. The van der Waals surface area contributed by atoms with E-state index in [9.17, 15) is 13.6 Å². The van der Waals surface area contributed by atoms with E-state index in [1.165, 1.54) is 25.3 Å². The molecule has 0 aliphatic carbocycles. The highest BCUT2D eigenvalue weighted by Crippen LogP contribution is 2.21. The molecule has 0 saturated heterocycles. The Morgan fingerprint density at radius 3 is 2.75 bits per heavy atom. The second-order valence-electron chi connectivity index (χ2n) is 2.86. The predicted molar refractivity (Wildman–Crippen MR) is 56.2 cm³/mol. The zero-order valence-corrected chi connectivity index (χ0v) is 8.61. The van der Waals surface area contributed by atoms with Crippen LogP contribution in [-0.2, 0) is 4.79 Å². The first-order valence-electron chi connectivity index (χ1n) is 4.57. The predicted octanol–water partition coefficient (Wildman–Crippen LogP) is 2.05. The lowest BCUT2D eigenvalue weighted by molar-refractivity contribution is -0.115. The summed E-state index contributed by atoms with van der Waals surface area (Å²) in [6.45, 7) is -2.88. The van der Waals surface area contributed by atoms with Gasteiger partial charge in [-0.05, 0) is 12.1 Å². The van der Waals surface area contributed by atoms with Gasteiger partial charge in [0.1, 0.15) is 5.75 Å². The van der Waals surface area contributed by atoms with E-state index in [1.54, 1.807) is 18.2 Å². The number of halogens is 2. The average molecular weight is 227 g/mol. The van der Waals surface area contributed by atoms with Crippen molar-refractivity contribution in [3.8, 4) is 5.75 Å². The molecule has 16 heavy (non-hydrogen) atoms. The van der Waals surface area contributed by atoms with Gasteiger partial charge in [-0.25, -0.2) is 0 Å². The van der Waals surface area contributed by atoms with Crippen molar-refractivity contribution < 1.29 is 18.3 Å². The first-order valence-corrected chi connectivity index (χ1v) is 4.57. The van der Waals surface area contributed by atoms with Gasteiger partial charge in [-0.1, -0.05) is 18.2 Å². The number of alkyl halides is 2. The van der Waals surface area contributed by atoms with Gasteiger partial charge in [0.2, 0.25) is 5.91 Å². The second-order valence-corrected chi connectivity index (χ2v) is 2.86. The lowest BCUT2D eigenvalue weighted by Gasteiger charge is -2.06. The van der Waals surface area contributed by atoms with Gasteiger partial charge in [0, 0.05) is 18.7 Å². The van der Waals surface area contributed by atoms with Crippen LogP contribution >= 0.6 is 0 Å². The number of nitrogens with one attached hydrogen (secondary N) is 1. The normalized spacial score (nSPS) is 10.8. The molecular weight excluding hydrogens is 216 g/mol. The van der Waals surface area contributed by atoms with Crippen molar-refractivity contribution in [1.29, 1.82) is 0 Å². The SMILES string of the molecule is CNC(=O)/C=C\c1ccccc1OC(F)F. The molecule has 1 rings (SSSR count). The Morgan fingerprint density at radius 2 is 2.12 bits per heavy atom. The Hall–Kier alpha value is -1.91. The van der Waals surface area contributed by atoms with Crippen LogP contribution in [0, 0.1) is 0 Å². The van der Waals surface area contributed by atoms with Gasteiger partial charge in [-0.3, -0.25) is 4.79 Å². The standard InChI is InChI=1S/C11H11F2NO2/c1-14-10(15)7-6-8-4-2-3-5-9(8)16-11(12)13/h2-7,11H,1H3,(H,14,15)/b7-6-. The third kappa shape index (κ3) is 3.68. The molecule has 0 heterocycles. The topological polar surface area (TPSA) is 38.3 Å². The maximum absolute atomic E-state index is 12.0. The molecule has 0 aromatic heterocycles. The quantitative estimate of drug-likeness (QED) is 0.799. The summed E-state index contributed by atoms with van der Waals surface area (Å²) in [5, 5.41) is 2.38. The number of amides is 1. The Balaban J connectivity index is 2.86. The molecule has 5 heteroatoms. The highest BCUT2D eigenvalue weighted by Gasteiger charge is 2.06. The van der Waals surface area contributed by atoms with Gasteiger partial charge < -0.3 is 10.1 Å². The molecule has 86 valence electrons. The molecule has 3 nitrogen and oxygen atoms in total. The summed E-state index contributed by atoms with van der Waals surface area (Å²) in [6.07, 6.45) is 2.66. The van der Waals surface area contributed by atoms with E-state index >= 15 is 0 Å². The van der Waals surface area contributed by atoms with Crippen molar-refractivity contribution >= 4 is 12.0 Å². The zero-order chi connectivity index (χ0) is 12.0. The summed E-state index contributed by atoms with van der Waals surface area (Å²) in [4.78, 5) is 10.9. The minimum absolute atomic E-state index is 0.0395. The highest BCUT2D eigenvalue weighted by molar-refractivity contribution is 5.91. The fourth-order valence-electron chi connectivity index (χ4n) is 1.07. The fourth-order valence-corrected chi connectivity index (χ4v) is 1.07. The van der Waals surface area contributed by atoms with Gasteiger partial charge >= 0.3 is 6.61 Å². The van der Waals surface area contributed by atoms with Crippen LogP contribution in [0.1, 0.15) is 5.56 Å². The molecule has 0 aliphatic rings. The lowest BCUT2D eigenvalue weighted by atomic mass is 10.2. The molecule has 0 unspecified atom stereocenters. The lowest BCUT2D eigenvalue weighted by Crippen LogP contribution is -2.13. The van der Waals surface area contributed by atoms with Crippen LogP contribution < -0.4 is 10.1 Å². The molecule has 0 aliphatic heterocycles. The van der Waals surface area contributed by atoms with Crippen molar-refractivity contribution in [2.24, 2.45) is 0 Å². The molecular formula is C11H11F2NO2. The Bertz CT molecular complexity index is 391. The first-order chi connectivity index (χ1) is 7.63. The summed E-state index contributed by atoms with van der Waals surface area (Å²) in [5.41, 5.74) is 0.423. The molecule has 0 radical (unpaired) electrons. The molecule has 1 aromatic carbocycles. The van der Waals surface area contributed by atoms with Crippen molar-refractivity contribution in [1.82, 2.24) is 5.32 Å². The van der Waals surface area contributed by atoms with Gasteiger partial charge in [0.15, 0.2) is 0 Å². The van der Waals surface area contributed by atoms with Crippen LogP contribution in [-0.4, -0.2) is 19.6 Å². The first kappa shape index (κ1) is 12.2.